The van der Waals surface area contributed by atoms with Gasteiger partial charge in [0.1, 0.15) is 5.75 Å². The molecule has 1 saturated heterocycles. The molecular weight excluding hydrogens is 424 g/mol. The number of piperidine rings is 1. The Kier molecular flexibility index (Phi) is 7.58. The van der Waals surface area contributed by atoms with Gasteiger partial charge in [-0.05, 0) is 49.2 Å². The van der Waals surface area contributed by atoms with E-state index in [1.807, 2.05) is 0 Å². The number of anilines is 2. The number of ether oxygens (including phenoxy) is 2. The lowest BCUT2D eigenvalue weighted by atomic mass is 9.96. The van der Waals surface area contributed by atoms with Crippen molar-refractivity contribution in [3.63, 3.8) is 0 Å². The summed E-state index contributed by atoms with van der Waals surface area (Å²) in [6, 6.07) is 12.3. The Balaban J connectivity index is 1.57. The number of benzene rings is 2. The van der Waals surface area contributed by atoms with Crippen molar-refractivity contribution in [2.45, 2.75) is 19.5 Å². The molecule has 1 aliphatic heterocycles. The average Bonchev–Trinajstić information content (AvgIpc) is 2.78. The molecule has 1 aliphatic rings. The van der Waals surface area contributed by atoms with E-state index in [2.05, 4.69) is 10.1 Å². The van der Waals surface area contributed by atoms with Crippen LogP contribution in [0.1, 0.15) is 23.2 Å². The van der Waals surface area contributed by atoms with Gasteiger partial charge in [0.25, 0.3) is 5.91 Å². The zero-order chi connectivity index (χ0) is 23.1. The zero-order valence-corrected chi connectivity index (χ0v) is 17.1. The van der Waals surface area contributed by atoms with E-state index in [1.54, 1.807) is 29.2 Å². The number of esters is 1. The summed E-state index contributed by atoms with van der Waals surface area (Å²) in [4.78, 5) is 37.7. The first-order chi connectivity index (χ1) is 15.3. The van der Waals surface area contributed by atoms with Gasteiger partial charge in [-0.1, -0.05) is 12.1 Å². The largest absolute Gasteiger partial charge is 0.452 e. The molecule has 0 bridgehead atoms. The maximum atomic E-state index is 12.6. The van der Waals surface area contributed by atoms with Crippen LogP contribution in [0.15, 0.2) is 48.5 Å². The average molecular weight is 447 g/mol. The molecule has 0 radical (unpaired) electrons. The van der Waals surface area contributed by atoms with Gasteiger partial charge >= 0.3 is 12.6 Å². The van der Waals surface area contributed by atoms with E-state index >= 15 is 0 Å². The standard InChI is InChI=1S/C22H23F2N3O5/c23-22(24)32-16-7-5-15(6-8-16)26-18-4-2-1-3-17(18)21(30)31-13-19(28)27-11-9-14(10-12-27)20(25)29/h1-8,14,22,26H,9-13H2,(H2,25,29). The van der Waals surface area contributed by atoms with Gasteiger partial charge in [-0.2, -0.15) is 8.78 Å². The number of alkyl halides is 2. The Morgan fingerprint density at radius 2 is 1.72 bits per heavy atom. The number of hydrogen-bond donors (Lipinski definition) is 2. The predicted molar refractivity (Wildman–Crippen MR) is 112 cm³/mol. The lowest BCUT2D eigenvalue weighted by Gasteiger charge is -2.30. The first-order valence-corrected chi connectivity index (χ1v) is 9.98. The van der Waals surface area contributed by atoms with Gasteiger partial charge in [-0.3, -0.25) is 9.59 Å². The normalized spacial score (nSPS) is 14.2. The molecule has 0 aliphatic carbocycles. The molecule has 2 amide bonds. The highest BCUT2D eigenvalue weighted by Crippen LogP contribution is 2.24. The molecule has 170 valence electrons. The first kappa shape index (κ1) is 23.0. The fraction of sp³-hybridized carbons (Fsp3) is 0.318. The molecule has 0 unspecified atom stereocenters. The predicted octanol–water partition coefficient (Wildman–Crippen LogP) is 2.91. The van der Waals surface area contributed by atoms with Crippen molar-refractivity contribution < 1.29 is 32.6 Å². The maximum absolute atomic E-state index is 12.6. The van der Waals surface area contributed by atoms with Crippen LogP contribution in [0.4, 0.5) is 20.2 Å². The third-order valence-corrected chi connectivity index (χ3v) is 5.08. The zero-order valence-electron chi connectivity index (χ0n) is 17.1. The Bertz CT molecular complexity index is 960. The minimum atomic E-state index is -2.92. The molecule has 10 heteroatoms. The molecule has 1 heterocycles. The van der Waals surface area contributed by atoms with Gasteiger partial charge in [0.05, 0.1) is 11.3 Å². The SMILES string of the molecule is NC(=O)C1CCN(C(=O)COC(=O)c2ccccc2Nc2ccc(OC(F)F)cc2)CC1. The second kappa shape index (κ2) is 10.6. The molecule has 0 atom stereocenters. The number of nitrogens with two attached hydrogens (primary N) is 1. The van der Waals surface area contributed by atoms with Crippen LogP contribution in [0.25, 0.3) is 0 Å². The van der Waals surface area contributed by atoms with Crippen LogP contribution in [0.3, 0.4) is 0 Å². The summed E-state index contributed by atoms with van der Waals surface area (Å²) in [5.41, 5.74) is 6.47. The lowest BCUT2D eigenvalue weighted by molar-refractivity contribution is -0.137. The van der Waals surface area contributed by atoms with Crippen molar-refractivity contribution in [1.29, 1.82) is 0 Å². The van der Waals surface area contributed by atoms with E-state index in [4.69, 9.17) is 10.5 Å². The summed E-state index contributed by atoms with van der Waals surface area (Å²) >= 11 is 0. The highest BCUT2D eigenvalue weighted by Gasteiger charge is 2.26. The third kappa shape index (κ3) is 6.16. The van der Waals surface area contributed by atoms with E-state index in [0.29, 0.717) is 37.3 Å². The minimum Gasteiger partial charge on any atom is -0.452 e. The smallest absolute Gasteiger partial charge is 0.387 e. The highest BCUT2D eigenvalue weighted by molar-refractivity contribution is 5.97. The number of likely N-dealkylation sites (tertiary alicyclic amines) is 1. The van der Waals surface area contributed by atoms with Gasteiger partial charge < -0.3 is 25.4 Å². The second-order valence-electron chi connectivity index (χ2n) is 7.21. The Hall–Kier alpha value is -3.69. The lowest BCUT2D eigenvalue weighted by Crippen LogP contribution is -2.43. The number of para-hydroxylation sites is 1. The monoisotopic (exact) mass is 447 g/mol. The summed E-state index contributed by atoms with van der Waals surface area (Å²) in [5, 5.41) is 3.02. The summed E-state index contributed by atoms with van der Waals surface area (Å²) in [7, 11) is 0. The van der Waals surface area contributed by atoms with E-state index < -0.39 is 19.2 Å². The van der Waals surface area contributed by atoms with Crippen LogP contribution in [0, 0.1) is 5.92 Å². The molecular formula is C22H23F2N3O5. The van der Waals surface area contributed by atoms with Gasteiger partial charge in [-0.15, -0.1) is 0 Å². The molecule has 32 heavy (non-hydrogen) atoms. The maximum Gasteiger partial charge on any atom is 0.387 e. The van der Waals surface area contributed by atoms with Gasteiger partial charge in [0.2, 0.25) is 5.91 Å². The molecule has 0 saturated carbocycles. The van der Waals surface area contributed by atoms with Crippen LogP contribution in [-0.4, -0.2) is 49.0 Å². The third-order valence-electron chi connectivity index (χ3n) is 5.08. The van der Waals surface area contributed by atoms with Crippen molar-refractivity contribution in [3.05, 3.63) is 54.1 Å². The number of nitrogens with zero attached hydrogens (tertiary/aromatic N) is 1. The molecule has 2 aromatic carbocycles. The quantitative estimate of drug-likeness (QED) is 0.602. The van der Waals surface area contributed by atoms with Crippen molar-refractivity contribution in [1.82, 2.24) is 4.90 Å². The van der Waals surface area contributed by atoms with Crippen molar-refractivity contribution in [3.8, 4) is 5.75 Å². The van der Waals surface area contributed by atoms with Gasteiger partial charge in [0.15, 0.2) is 6.61 Å². The van der Waals surface area contributed by atoms with Crippen molar-refractivity contribution in [2.24, 2.45) is 11.7 Å². The second-order valence-corrected chi connectivity index (χ2v) is 7.21. The van der Waals surface area contributed by atoms with E-state index in [9.17, 15) is 23.2 Å². The molecule has 3 rings (SSSR count). The summed E-state index contributed by atoms with van der Waals surface area (Å²) < 4.78 is 34.0. The Morgan fingerprint density at radius 1 is 1.06 bits per heavy atom. The fourth-order valence-corrected chi connectivity index (χ4v) is 3.36. The molecule has 8 nitrogen and oxygen atoms in total. The Morgan fingerprint density at radius 3 is 2.34 bits per heavy atom. The van der Waals surface area contributed by atoms with Crippen LogP contribution in [0.2, 0.25) is 0 Å². The number of nitrogens with one attached hydrogen (secondary N) is 1. The number of carbonyl (C=O) groups excluding carboxylic acids is 3. The van der Waals surface area contributed by atoms with Gasteiger partial charge in [0, 0.05) is 24.7 Å². The first-order valence-electron chi connectivity index (χ1n) is 9.98. The van der Waals surface area contributed by atoms with E-state index in [-0.39, 0.29) is 29.0 Å². The van der Waals surface area contributed by atoms with Crippen molar-refractivity contribution >= 4 is 29.2 Å². The summed E-state index contributed by atoms with van der Waals surface area (Å²) in [6.45, 7) is -2.57. The highest BCUT2D eigenvalue weighted by atomic mass is 19.3. The number of carbonyl (C=O) groups is 3. The molecule has 0 spiro atoms. The molecule has 3 N–H and O–H groups in total. The van der Waals surface area contributed by atoms with Crippen LogP contribution in [-0.2, 0) is 14.3 Å². The Labute approximate surface area is 183 Å². The minimum absolute atomic E-state index is 0.0108. The van der Waals surface area contributed by atoms with Crippen LogP contribution in [0.5, 0.6) is 5.75 Å². The van der Waals surface area contributed by atoms with Gasteiger partial charge in [-0.25, -0.2) is 4.79 Å². The van der Waals surface area contributed by atoms with E-state index in [1.165, 1.54) is 24.3 Å². The number of rotatable bonds is 8. The van der Waals surface area contributed by atoms with Crippen LogP contribution < -0.4 is 15.8 Å². The number of primary amides is 1. The number of amides is 2. The van der Waals surface area contributed by atoms with Crippen molar-refractivity contribution in [2.75, 3.05) is 25.0 Å². The molecule has 1 fully saturated rings. The fourth-order valence-electron chi connectivity index (χ4n) is 3.36. The number of hydrogen-bond acceptors (Lipinski definition) is 6. The summed E-state index contributed by atoms with van der Waals surface area (Å²) in [6.07, 6.45) is 0.978. The number of halogens is 2. The molecule has 2 aromatic rings. The summed E-state index contributed by atoms with van der Waals surface area (Å²) in [5.74, 6) is -1.64. The molecule has 0 aromatic heterocycles. The van der Waals surface area contributed by atoms with Crippen LogP contribution >= 0.6 is 0 Å². The van der Waals surface area contributed by atoms with E-state index in [0.717, 1.165) is 0 Å². The topological polar surface area (TPSA) is 111 Å².